The van der Waals surface area contributed by atoms with Crippen molar-refractivity contribution in [3.8, 4) is 5.75 Å². The molecule has 1 heterocycles. The van der Waals surface area contributed by atoms with Gasteiger partial charge in [-0.2, -0.15) is 0 Å². The maximum Gasteiger partial charge on any atom is 0.189 e. The summed E-state index contributed by atoms with van der Waals surface area (Å²) in [5.74, 6) is 0.884. The Morgan fingerprint density at radius 1 is 1.11 bits per heavy atom. The maximum atomic E-state index is 5.74. The second-order valence-electron chi connectivity index (χ2n) is 7.10. The van der Waals surface area contributed by atoms with Gasteiger partial charge in [-0.15, -0.1) is 0 Å². The molecule has 1 rings (SSSR count). The van der Waals surface area contributed by atoms with Gasteiger partial charge in [0.25, 0.3) is 0 Å². The molecule has 0 saturated heterocycles. The molecule has 0 amide bonds. The summed E-state index contributed by atoms with van der Waals surface area (Å²) in [6.07, 6.45) is 3.64. The van der Waals surface area contributed by atoms with E-state index >= 15 is 0 Å². The molecule has 0 radical (unpaired) electrons. The number of nitrogens with zero attached hydrogens (tertiary/aromatic N) is 1. The third kappa shape index (κ3) is 6.36. The van der Waals surface area contributed by atoms with Crippen molar-refractivity contribution < 1.29 is 9.47 Å². The molecule has 0 aliphatic carbocycles. The van der Waals surface area contributed by atoms with E-state index in [1.54, 1.807) is 6.20 Å². The SMILES string of the molecule is C[Si](C)(C)CCOCOc1cnccc1[Si](C)(C)C. The van der Waals surface area contributed by atoms with Gasteiger partial charge in [0, 0.05) is 20.9 Å². The third-order valence-electron chi connectivity index (χ3n) is 2.89. The molecule has 19 heavy (non-hydrogen) atoms. The molecule has 0 atom stereocenters. The zero-order valence-corrected chi connectivity index (χ0v) is 15.1. The quantitative estimate of drug-likeness (QED) is 0.439. The summed E-state index contributed by atoms with van der Waals surface area (Å²) in [7, 11) is -2.40. The lowest BCUT2D eigenvalue weighted by atomic mass is 10.4. The Hall–Kier alpha value is -0.656. The van der Waals surface area contributed by atoms with Crippen LogP contribution in [-0.2, 0) is 4.74 Å². The van der Waals surface area contributed by atoms with Gasteiger partial charge in [-0.1, -0.05) is 39.3 Å². The lowest BCUT2D eigenvalue weighted by molar-refractivity contribution is 0.0224. The first-order valence-corrected chi connectivity index (χ1v) is 14.1. The molecule has 0 bridgehead atoms. The first-order chi connectivity index (χ1) is 8.70. The van der Waals surface area contributed by atoms with E-state index in [2.05, 4.69) is 50.3 Å². The summed E-state index contributed by atoms with van der Waals surface area (Å²) in [6.45, 7) is 15.1. The van der Waals surface area contributed by atoms with Crippen molar-refractivity contribution in [3.63, 3.8) is 0 Å². The molecule has 0 saturated carbocycles. The number of hydrogen-bond acceptors (Lipinski definition) is 3. The van der Waals surface area contributed by atoms with Gasteiger partial charge in [0.15, 0.2) is 6.79 Å². The second-order valence-corrected chi connectivity index (χ2v) is 17.8. The fourth-order valence-electron chi connectivity index (χ4n) is 1.66. The summed E-state index contributed by atoms with van der Waals surface area (Å²) in [4.78, 5) is 4.15. The molecule has 1 aromatic rings. The summed E-state index contributed by atoms with van der Waals surface area (Å²) >= 11 is 0. The first-order valence-electron chi connectivity index (χ1n) is 6.85. The number of aromatic nitrogens is 1. The van der Waals surface area contributed by atoms with Gasteiger partial charge in [-0.3, -0.25) is 4.98 Å². The molecule has 3 nitrogen and oxygen atoms in total. The van der Waals surface area contributed by atoms with Gasteiger partial charge in [0.05, 0.1) is 14.3 Å². The van der Waals surface area contributed by atoms with E-state index < -0.39 is 16.1 Å². The summed E-state index contributed by atoms with van der Waals surface area (Å²) in [5.41, 5.74) is 0. The van der Waals surface area contributed by atoms with E-state index in [1.807, 2.05) is 6.20 Å². The Kier molecular flexibility index (Phi) is 5.76. The Morgan fingerprint density at radius 2 is 1.79 bits per heavy atom. The fraction of sp³-hybridized carbons (Fsp3) is 0.643. The maximum absolute atomic E-state index is 5.74. The predicted molar refractivity (Wildman–Crippen MR) is 86.8 cm³/mol. The first kappa shape index (κ1) is 16.4. The fourth-order valence-corrected chi connectivity index (χ4v) is 3.86. The van der Waals surface area contributed by atoms with E-state index in [-0.39, 0.29) is 0 Å². The van der Waals surface area contributed by atoms with Crippen LogP contribution in [0.1, 0.15) is 0 Å². The number of hydrogen-bond donors (Lipinski definition) is 0. The molecule has 1 aromatic heterocycles. The Morgan fingerprint density at radius 3 is 2.37 bits per heavy atom. The lowest BCUT2D eigenvalue weighted by Gasteiger charge is -2.20. The van der Waals surface area contributed by atoms with Crippen LogP contribution in [-0.4, -0.2) is 34.5 Å². The van der Waals surface area contributed by atoms with Crippen LogP contribution in [0.5, 0.6) is 5.75 Å². The molecule has 0 aliphatic rings. The van der Waals surface area contributed by atoms with Crippen LogP contribution < -0.4 is 9.92 Å². The summed E-state index contributed by atoms with van der Waals surface area (Å²) < 4.78 is 11.3. The molecule has 0 N–H and O–H groups in total. The molecular formula is C14H27NO2Si2. The molecule has 108 valence electrons. The van der Waals surface area contributed by atoms with Crippen molar-refractivity contribution in [2.75, 3.05) is 13.4 Å². The minimum Gasteiger partial charge on any atom is -0.466 e. The van der Waals surface area contributed by atoms with Gasteiger partial charge in [0.1, 0.15) is 5.75 Å². The van der Waals surface area contributed by atoms with Gasteiger partial charge in [-0.25, -0.2) is 0 Å². The Bertz CT molecular complexity index is 397. The van der Waals surface area contributed by atoms with Crippen molar-refractivity contribution in [1.29, 1.82) is 0 Å². The van der Waals surface area contributed by atoms with E-state index in [4.69, 9.17) is 9.47 Å². The van der Waals surface area contributed by atoms with Crippen molar-refractivity contribution in [2.24, 2.45) is 0 Å². The second kappa shape index (κ2) is 6.68. The van der Waals surface area contributed by atoms with Crippen molar-refractivity contribution in [2.45, 2.75) is 45.3 Å². The zero-order valence-electron chi connectivity index (χ0n) is 13.1. The molecular weight excluding hydrogens is 270 g/mol. The van der Waals surface area contributed by atoms with Gasteiger partial charge < -0.3 is 9.47 Å². The molecule has 5 heteroatoms. The van der Waals surface area contributed by atoms with Crippen LogP contribution in [0.4, 0.5) is 0 Å². The van der Waals surface area contributed by atoms with Crippen molar-refractivity contribution in [3.05, 3.63) is 18.5 Å². The number of pyridine rings is 1. The minimum atomic E-state index is -1.39. The monoisotopic (exact) mass is 297 g/mol. The Labute approximate surface area is 119 Å². The topological polar surface area (TPSA) is 31.4 Å². The van der Waals surface area contributed by atoms with Crippen molar-refractivity contribution >= 4 is 21.3 Å². The van der Waals surface area contributed by atoms with Crippen LogP contribution in [0, 0.1) is 0 Å². The number of ether oxygens (including phenoxy) is 2. The van der Waals surface area contributed by atoms with Crippen LogP contribution in [0.2, 0.25) is 45.3 Å². The average Bonchev–Trinajstić information content (AvgIpc) is 2.26. The third-order valence-corrected chi connectivity index (χ3v) is 6.62. The largest absolute Gasteiger partial charge is 0.466 e. The molecule has 0 spiro atoms. The Balaban J connectivity index is 2.46. The highest BCUT2D eigenvalue weighted by molar-refractivity contribution is 6.89. The van der Waals surface area contributed by atoms with Gasteiger partial charge in [0.2, 0.25) is 0 Å². The van der Waals surface area contributed by atoms with Crippen LogP contribution in [0.25, 0.3) is 0 Å². The molecule has 0 fully saturated rings. The standard InChI is InChI=1S/C14H27NO2Si2/c1-18(2,3)10-9-16-12-17-13-11-15-8-7-14(13)19(4,5)6/h7-8,11H,9-10,12H2,1-6H3. The summed E-state index contributed by atoms with van der Waals surface area (Å²) in [5, 5.41) is 1.30. The van der Waals surface area contributed by atoms with Crippen LogP contribution in [0.15, 0.2) is 18.5 Å². The van der Waals surface area contributed by atoms with E-state index in [9.17, 15) is 0 Å². The predicted octanol–water partition coefficient (Wildman–Crippen LogP) is 3.32. The van der Waals surface area contributed by atoms with Crippen molar-refractivity contribution in [1.82, 2.24) is 4.98 Å². The lowest BCUT2D eigenvalue weighted by Crippen LogP contribution is -2.38. The van der Waals surface area contributed by atoms with Crippen LogP contribution in [0.3, 0.4) is 0 Å². The molecule has 0 aliphatic heterocycles. The van der Waals surface area contributed by atoms with Gasteiger partial charge in [-0.05, 0) is 17.3 Å². The highest BCUT2D eigenvalue weighted by atomic mass is 28.3. The average molecular weight is 298 g/mol. The smallest absolute Gasteiger partial charge is 0.189 e. The summed E-state index contributed by atoms with van der Waals surface area (Å²) in [6, 6.07) is 3.24. The van der Waals surface area contributed by atoms with E-state index in [1.165, 1.54) is 11.2 Å². The van der Waals surface area contributed by atoms with E-state index in [0.29, 0.717) is 6.79 Å². The number of rotatable bonds is 7. The molecule has 0 unspecified atom stereocenters. The minimum absolute atomic E-state index is 0.327. The molecule has 0 aromatic carbocycles. The normalized spacial score (nSPS) is 12.5. The van der Waals surface area contributed by atoms with E-state index in [0.717, 1.165) is 12.4 Å². The van der Waals surface area contributed by atoms with Crippen LogP contribution >= 0.6 is 0 Å². The highest BCUT2D eigenvalue weighted by Crippen LogP contribution is 2.13. The highest BCUT2D eigenvalue weighted by Gasteiger charge is 2.21. The van der Waals surface area contributed by atoms with Gasteiger partial charge >= 0.3 is 0 Å². The zero-order chi connectivity index (χ0) is 14.5.